The van der Waals surface area contributed by atoms with Crippen LogP contribution in [0.25, 0.3) is 0 Å². The average molecular weight is 507 g/mol. The summed E-state index contributed by atoms with van der Waals surface area (Å²) in [4.78, 5) is 0. The van der Waals surface area contributed by atoms with Gasteiger partial charge in [0.25, 0.3) is 0 Å². The molecule has 0 atom stereocenters. The van der Waals surface area contributed by atoms with E-state index in [1.807, 2.05) is 0 Å². The molecule has 0 rings (SSSR count). The van der Waals surface area contributed by atoms with Crippen LogP contribution in [0.2, 0.25) is 0 Å². The van der Waals surface area contributed by atoms with Crippen molar-refractivity contribution < 1.29 is 143 Å². The molecule has 11 heteroatoms. The Labute approximate surface area is 141 Å². The van der Waals surface area contributed by atoms with Gasteiger partial charge in [0.15, 0.2) is 0 Å². The van der Waals surface area contributed by atoms with Crippen molar-refractivity contribution in [1.82, 2.24) is 0 Å². The molecule has 5 nitrogen and oxygen atoms in total. The largest absolute Gasteiger partial charge is 2.00 e. The normalized spacial score (nSPS) is 0. The monoisotopic (exact) mass is 506 g/mol. The van der Waals surface area contributed by atoms with Crippen LogP contribution in [-0.4, -0.2) is 0 Å². The molecule has 0 saturated heterocycles. The van der Waals surface area contributed by atoms with E-state index in [4.69, 9.17) is 0 Å². The molecule has 0 aliphatic heterocycles. The van der Waals surface area contributed by atoms with Crippen LogP contribution in [0.3, 0.4) is 0 Å². The molecule has 0 aromatic rings. The first-order chi connectivity index (χ1) is 0. The molecule has 0 spiro atoms. The van der Waals surface area contributed by atoms with Crippen LogP contribution in [0.4, 0.5) is 0 Å². The van der Waals surface area contributed by atoms with Gasteiger partial charge < -0.3 is 27.4 Å². The fourth-order valence-corrected chi connectivity index (χ4v) is 0. The minimum atomic E-state index is 0. The van der Waals surface area contributed by atoms with Gasteiger partial charge in [0, 0.05) is 116 Å². The Morgan fingerprint density at radius 3 is 0.364 bits per heavy atom. The Kier molecular flexibility index (Phi) is 3400. The van der Waals surface area contributed by atoms with Gasteiger partial charge >= 0.3 is 0 Å². The van der Waals surface area contributed by atoms with E-state index in [0.717, 1.165) is 0 Å². The second kappa shape index (κ2) is 173. The first kappa shape index (κ1) is 217. The fraction of sp³-hybridized carbons (Fsp3) is 0. The summed E-state index contributed by atoms with van der Waals surface area (Å²) in [6.07, 6.45) is 0. The SMILES string of the molecule is [Ag].[Ag].[Mn].[Mn].[O-2].[O-2].[O-2].[O-2].[O-2].[V].[V]. The van der Waals surface area contributed by atoms with Crippen molar-refractivity contribution in [1.29, 1.82) is 0 Å². The number of hydrogen-bond acceptors (Lipinski definition) is 0. The minimum Gasteiger partial charge on any atom is -2.00 e. The molecule has 0 aromatic heterocycles. The van der Waals surface area contributed by atoms with Crippen molar-refractivity contribution in [3.05, 3.63) is 0 Å². The Hall–Kier alpha value is 3.49. The third-order valence-electron chi connectivity index (χ3n) is 0. The molecule has 0 bridgehead atoms. The third kappa shape index (κ3) is 146. The van der Waals surface area contributed by atoms with Gasteiger partial charge in [-0.3, -0.25) is 0 Å². The van der Waals surface area contributed by atoms with Gasteiger partial charge in [-0.1, -0.05) is 0 Å². The summed E-state index contributed by atoms with van der Waals surface area (Å²) in [7, 11) is 0. The maximum absolute atomic E-state index is 0. The maximum Gasteiger partial charge on any atom is 0 e. The summed E-state index contributed by atoms with van der Waals surface area (Å²) in [5.41, 5.74) is 0. The van der Waals surface area contributed by atoms with E-state index in [-0.39, 0.29) is 143 Å². The van der Waals surface area contributed by atoms with Crippen molar-refractivity contribution >= 4 is 0 Å². The van der Waals surface area contributed by atoms with Crippen LogP contribution in [0.1, 0.15) is 0 Å². The first-order valence-electron chi connectivity index (χ1n) is 0. The molecule has 0 fully saturated rings. The summed E-state index contributed by atoms with van der Waals surface area (Å²) in [5, 5.41) is 0. The van der Waals surface area contributed by atoms with Crippen LogP contribution in [-0.2, 0) is 143 Å². The predicted octanol–water partition coefficient (Wildman–Crippen LogP) is -0.609. The molecule has 6 radical (unpaired) electrons. The summed E-state index contributed by atoms with van der Waals surface area (Å²) < 4.78 is 0. The first-order valence-corrected chi connectivity index (χ1v) is 0. The summed E-state index contributed by atoms with van der Waals surface area (Å²) in [6, 6.07) is 0. The van der Waals surface area contributed by atoms with Crippen molar-refractivity contribution in [3.8, 4) is 0 Å². The van der Waals surface area contributed by atoms with Gasteiger partial charge in [0.2, 0.25) is 0 Å². The molecule has 0 aromatic carbocycles. The molecule has 86 valence electrons. The van der Waals surface area contributed by atoms with Gasteiger partial charge in [-0.15, -0.1) is 0 Å². The Morgan fingerprint density at radius 2 is 0.364 bits per heavy atom. The van der Waals surface area contributed by atoms with Crippen LogP contribution in [0, 0.1) is 0 Å². The molecular weight excluding hydrogens is 507 g/mol. The van der Waals surface area contributed by atoms with Gasteiger partial charge in [0.05, 0.1) is 0 Å². The van der Waals surface area contributed by atoms with Crippen LogP contribution in [0.15, 0.2) is 0 Å². The summed E-state index contributed by atoms with van der Waals surface area (Å²) in [5.74, 6) is 0. The maximum atomic E-state index is 0. The van der Waals surface area contributed by atoms with Crippen molar-refractivity contribution in [2.24, 2.45) is 0 Å². The molecule has 0 amide bonds. The quantitative estimate of drug-likeness (QED) is 0.386. The molecule has 11 heavy (non-hydrogen) atoms. The summed E-state index contributed by atoms with van der Waals surface area (Å²) in [6.45, 7) is 0. The molecule has 0 heterocycles. The molecule has 0 unspecified atom stereocenters. The van der Waals surface area contributed by atoms with E-state index < -0.39 is 0 Å². The van der Waals surface area contributed by atoms with E-state index in [0.29, 0.717) is 0 Å². The van der Waals surface area contributed by atoms with Crippen LogP contribution < -0.4 is 0 Å². The second-order valence-corrected chi connectivity index (χ2v) is 0. The Bertz CT molecular complexity index is 20.4. The third-order valence-corrected chi connectivity index (χ3v) is 0. The number of rotatable bonds is 0. The topological polar surface area (TPSA) is 142 Å². The van der Waals surface area contributed by atoms with E-state index in [9.17, 15) is 0 Å². The van der Waals surface area contributed by atoms with Crippen LogP contribution >= 0.6 is 0 Å². The minimum absolute atomic E-state index is 0. The zero-order valence-corrected chi connectivity index (χ0v) is 12.4. The second-order valence-electron chi connectivity index (χ2n) is 0. The zero-order valence-electron chi connectivity index (χ0n) is 4.29. The average Bonchev–Trinajstić information content (AvgIpc) is 0. The van der Waals surface area contributed by atoms with Gasteiger partial charge in [0.1, 0.15) is 0 Å². The standard InChI is InChI=1S/2Ag.2Mn.5O.2V/q;;;;5*-2;;. The van der Waals surface area contributed by atoms with Crippen molar-refractivity contribution in [2.75, 3.05) is 0 Å². The molecule has 0 saturated carbocycles. The zero-order chi connectivity index (χ0) is 0. The fourth-order valence-electron chi connectivity index (χ4n) is 0. The van der Waals surface area contributed by atoms with Gasteiger partial charge in [-0.25, -0.2) is 0 Å². The smallest absolute Gasteiger partial charge is 0 e. The molecule has 0 aliphatic carbocycles. The predicted molar refractivity (Wildman–Crippen MR) is 3.43 cm³/mol. The molecule has 0 aliphatic rings. The molecule has 0 N–H and O–H groups in total. The van der Waals surface area contributed by atoms with E-state index in [1.165, 1.54) is 0 Å². The Balaban J connectivity index is 0. The van der Waals surface area contributed by atoms with Crippen LogP contribution in [0.5, 0.6) is 0 Å². The van der Waals surface area contributed by atoms with Gasteiger partial charge in [-0.05, 0) is 0 Å². The van der Waals surface area contributed by atoms with E-state index in [1.54, 1.807) is 0 Å². The van der Waals surface area contributed by atoms with E-state index in [2.05, 4.69) is 0 Å². The number of hydrogen-bond donors (Lipinski definition) is 0. The van der Waals surface area contributed by atoms with Gasteiger partial charge in [-0.2, -0.15) is 0 Å². The summed E-state index contributed by atoms with van der Waals surface area (Å²) >= 11 is 0. The Morgan fingerprint density at radius 1 is 0.364 bits per heavy atom. The van der Waals surface area contributed by atoms with Crippen molar-refractivity contribution in [3.63, 3.8) is 0 Å². The molecular formula is Ag2Mn2O5V2-10. The van der Waals surface area contributed by atoms with E-state index >= 15 is 0 Å². The van der Waals surface area contributed by atoms with Crippen molar-refractivity contribution in [2.45, 2.75) is 0 Å².